The summed E-state index contributed by atoms with van der Waals surface area (Å²) in [5, 5.41) is 0. The number of piperidine rings is 1. The molecular weight excluding hydrogens is 429 g/mol. The number of aryl methyl sites for hydroxylation is 2. The van der Waals surface area contributed by atoms with Gasteiger partial charge in [-0.05, 0) is 36.8 Å². The number of carbonyl (C=O) groups is 1. The van der Waals surface area contributed by atoms with Crippen molar-refractivity contribution in [3.8, 4) is 0 Å². The first-order chi connectivity index (χ1) is 14.6. The fourth-order valence-corrected chi connectivity index (χ4v) is 6.18. The van der Waals surface area contributed by atoms with Crippen molar-refractivity contribution >= 4 is 15.7 Å². The number of hydrogen-bond acceptors (Lipinski definition) is 3. The number of halogens is 3. The summed E-state index contributed by atoms with van der Waals surface area (Å²) in [4.78, 5) is 18.2. The summed E-state index contributed by atoms with van der Waals surface area (Å²) in [5.41, 5.74) is 2.22. The van der Waals surface area contributed by atoms with Gasteiger partial charge in [0.2, 0.25) is 0 Å². The highest BCUT2D eigenvalue weighted by Gasteiger charge is 2.37. The lowest BCUT2D eigenvalue weighted by atomic mass is 9.86. The van der Waals surface area contributed by atoms with E-state index in [1.807, 2.05) is 6.92 Å². The molecule has 1 saturated heterocycles. The molecule has 2 aliphatic heterocycles. The Hall–Kier alpha value is -2.29. The number of aromatic nitrogens is 1. The van der Waals surface area contributed by atoms with Gasteiger partial charge in [0.1, 0.15) is 0 Å². The van der Waals surface area contributed by atoms with E-state index in [9.17, 15) is 26.4 Å². The smallest absolute Gasteiger partial charge is 0.361 e. The van der Waals surface area contributed by atoms with Crippen LogP contribution in [0.15, 0.2) is 24.3 Å². The summed E-state index contributed by atoms with van der Waals surface area (Å²) in [6.07, 6.45) is -2.59. The van der Waals surface area contributed by atoms with Gasteiger partial charge in [-0.1, -0.05) is 25.1 Å². The van der Waals surface area contributed by atoms with Gasteiger partial charge in [-0.2, -0.15) is 13.2 Å². The number of aromatic amines is 1. The zero-order valence-electron chi connectivity index (χ0n) is 17.3. The number of H-pyrrole nitrogens is 1. The molecule has 0 radical (unpaired) electrons. The number of rotatable bonds is 3. The van der Waals surface area contributed by atoms with Crippen LogP contribution in [0.4, 0.5) is 13.2 Å². The molecule has 1 aromatic carbocycles. The molecule has 4 rings (SSSR count). The molecule has 0 spiro atoms. The lowest BCUT2D eigenvalue weighted by Crippen LogP contribution is -2.39. The van der Waals surface area contributed by atoms with Crippen molar-refractivity contribution in [2.45, 2.75) is 50.5 Å². The van der Waals surface area contributed by atoms with Crippen LogP contribution in [0.25, 0.3) is 0 Å². The molecule has 1 fully saturated rings. The van der Waals surface area contributed by atoms with Crippen molar-refractivity contribution in [3.63, 3.8) is 0 Å². The SMILES string of the molecule is CCc1[nH]c2c(c1C(=O)N1CCC(c3ccccc3C(F)(F)F)CC1)CS(=O)(=O)CC2. The second-order valence-electron chi connectivity index (χ2n) is 8.28. The molecule has 3 heterocycles. The maximum atomic E-state index is 13.4. The Kier molecular flexibility index (Phi) is 5.66. The summed E-state index contributed by atoms with van der Waals surface area (Å²) in [6, 6.07) is 5.63. The number of fused-ring (bicyclic) bond motifs is 1. The zero-order chi connectivity index (χ0) is 22.4. The Bertz CT molecular complexity index is 1100. The fraction of sp³-hybridized carbons (Fsp3) is 0.500. The van der Waals surface area contributed by atoms with Gasteiger partial charge in [-0.15, -0.1) is 0 Å². The maximum absolute atomic E-state index is 13.4. The van der Waals surface area contributed by atoms with Crippen LogP contribution < -0.4 is 0 Å². The number of amides is 1. The Morgan fingerprint density at radius 3 is 2.52 bits per heavy atom. The van der Waals surface area contributed by atoms with Crippen molar-refractivity contribution in [2.24, 2.45) is 0 Å². The third-order valence-corrected chi connectivity index (χ3v) is 7.91. The van der Waals surface area contributed by atoms with Crippen molar-refractivity contribution in [1.82, 2.24) is 9.88 Å². The highest BCUT2D eigenvalue weighted by Crippen LogP contribution is 2.39. The molecule has 0 unspecified atom stereocenters. The lowest BCUT2D eigenvalue weighted by Gasteiger charge is -2.33. The van der Waals surface area contributed by atoms with E-state index in [2.05, 4.69) is 4.98 Å². The Balaban J connectivity index is 1.55. The van der Waals surface area contributed by atoms with Gasteiger partial charge < -0.3 is 9.88 Å². The van der Waals surface area contributed by atoms with Gasteiger partial charge in [0.25, 0.3) is 5.91 Å². The standard InChI is InChI=1S/C22H25F3N2O3S/c1-2-18-20(16-13-31(29,30)12-9-19(16)26-18)21(28)27-10-7-14(8-11-27)15-5-3-4-6-17(15)22(23,24)25/h3-6,14,26H,2,7-13H2,1H3. The van der Waals surface area contributed by atoms with E-state index in [1.165, 1.54) is 12.1 Å². The Morgan fingerprint density at radius 1 is 1.19 bits per heavy atom. The van der Waals surface area contributed by atoms with Crippen LogP contribution in [0.2, 0.25) is 0 Å². The number of hydrogen-bond donors (Lipinski definition) is 1. The van der Waals surface area contributed by atoms with E-state index in [4.69, 9.17) is 0 Å². The number of benzene rings is 1. The van der Waals surface area contributed by atoms with Crippen LogP contribution in [0.5, 0.6) is 0 Å². The van der Waals surface area contributed by atoms with Crippen LogP contribution in [-0.4, -0.2) is 43.1 Å². The van der Waals surface area contributed by atoms with Crippen molar-refractivity contribution in [2.75, 3.05) is 18.8 Å². The molecule has 5 nitrogen and oxygen atoms in total. The average Bonchev–Trinajstić information content (AvgIpc) is 3.09. The second kappa shape index (κ2) is 8.00. The van der Waals surface area contributed by atoms with Crippen molar-refractivity contribution in [3.05, 3.63) is 57.9 Å². The van der Waals surface area contributed by atoms with Gasteiger partial charge in [0, 0.05) is 36.5 Å². The molecule has 2 aliphatic rings. The quantitative estimate of drug-likeness (QED) is 0.760. The number of sulfone groups is 1. The summed E-state index contributed by atoms with van der Waals surface area (Å²) in [6.45, 7) is 2.58. The number of likely N-dealkylation sites (tertiary alicyclic amines) is 1. The van der Waals surface area contributed by atoms with E-state index in [-0.39, 0.29) is 28.9 Å². The minimum atomic E-state index is -4.41. The number of carbonyl (C=O) groups excluding carboxylic acids is 1. The van der Waals surface area contributed by atoms with Gasteiger partial charge in [-0.25, -0.2) is 8.42 Å². The van der Waals surface area contributed by atoms with Gasteiger partial charge >= 0.3 is 6.18 Å². The van der Waals surface area contributed by atoms with Crippen LogP contribution in [0, 0.1) is 0 Å². The molecule has 0 atom stereocenters. The van der Waals surface area contributed by atoms with E-state index in [0.29, 0.717) is 49.9 Å². The summed E-state index contributed by atoms with van der Waals surface area (Å²) >= 11 is 0. The molecule has 1 amide bonds. The van der Waals surface area contributed by atoms with Crippen molar-refractivity contribution < 1.29 is 26.4 Å². The van der Waals surface area contributed by atoms with Crippen LogP contribution in [-0.2, 0) is 34.6 Å². The fourth-order valence-electron chi connectivity index (χ4n) is 4.76. The van der Waals surface area contributed by atoms with Gasteiger partial charge in [-0.3, -0.25) is 4.79 Å². The van der Waals surface area contributed by atoms with E-state index in [1.54, 1.807) is 11.0 Å². The number of alkyl halides is 3. The highest BCUT2D eigenvalue weighted by molar-refractivity contribution is 7.90. The predicted molar refractivity (Wildman–Crippen MR) is 111 cm³/mol. The monoisotopic (exact) mass is 454 g/mol. The maximum Gasteiger partial charge on any atom is 0.416 e. The molecule has 1 aromatic heterocycles. The molecular formula is C22H25F3N2O3S. The minimum Gasteiger partial charge on any atom is -0.361 e. The van der Waals surface area contributed by atoms with Crippen LogP contribution >= 0.6 is 0 Å². The first kappa shape index (κ1) is 21.9. The van der Waals surface area contributed by atoms with Crippen molar-refractivity contribution in [1.29, 1.82) is 0 Å². The van der Waals surface area contributed by atoms with E-state index in [0.717, 1.165) is 17.5 Å². The summed E-state index contributed by atoms with van der Waals surface area (Å²) < 4.78 is 64.4. The molecule has 168 valence electrons. The van der Waals surface area contributed by atoms with Gasteiger partial charge in [0.05, 0.1) is 22.6 Å². The van der Waals surface area contributed by atoms with Gasteiger partial charge in [0.15, 0.2) is 9.84 Å². The third-order valence-electron chi connectivity index (χ3n) is 6.35. The van der Waals surface area contributed by atoms with E-state index >= 15 is 0 Å². The summed E-state index contributed by atoms with van der Waals surface area (Å²) in [7, 11) is -3.24. The molecule has 9 heteroatoms. The number of nitrogens with one attached hydrogen (secondary N) is 1. The zero-order valence-corrected chi connectivity index (χ0v) is 18.1. The molecule has 0 saturated carbocycles. The third kappa shape index (κ3) is 4.24. The molecule has 2 aromatic rings. The topological polar surface area (TPSA) is 70.2 Å². The first-order valence-electron chi connectivity index (χ1n) is 10.5. The van der Waals surface area contributed by atoms with Crippen LogP contribution in [0.1, 0.15) is 64.1 Å². The molecule has 0 bridgehead atoms. The molecule has 0 aliphatic carbocycles. The molecule has 1 N–H and O–H groups in total. The summed E-state index contributed by atoms with van der Waals surface area (Å²) in [5.74, 6) is -0.571. The Labute approximate surface area is 179 Å². The average molecular weight is 455 g/mol. The number of nitrogens with zero attached hydrogens (tertiary/aromatic N) is 1. The largest absolute Gasteiger partial charge is 0.416 e. The lowest BCUT2D eigenvalue weighted by molar-refractivity contribution is -0.138. The van der Waals surface area contributed by atoms with Crippen LogP contribution in [0.3, 0.4) is 0 Å². The minimum absolute atomic E-state index is 0.0707. The molecule has 31 heavy (non-hydrogen) atoms. The Morgan fingerprint density at radius 2 is 1.87 bits per heavy atom. The normalized spacial score (nSPS) is 19.3. The first-order valence-corrected chi connectivity index (χ1v) is 12.3. The second-order valence-corrected chi connectivity index (χ2v) is 10.5. The highest BCUT2D eigenvalue weighted by atomic mass is 32.2. The van der Waals surface area contributed by atoms with E-state index < -0.39 is 21.6 Å². The predicted octanol–water partition coefficient (Wildman–Crippen LogP) is 4.09.